The third kappa shape index (κ3) is 2.76. The maximum Gasteiger partial charge on any atom is 0.256 e. The average molecular weight is 231 g/mol. The predicted octanol–water partition coefficient (Wildman–Crippen LogP) is 3.28. The molecule has 0 radical (unpaired) electrons. The van der Waals surface area contributed by atoms with Crippen molar-refractivity contribution in [1.29, 1.82) is 0 Å². The largest absolute Gasteiger partial charge is 0.489 e. The second kappa shape index (κ2) is 5.03. The van der Waals surface area contributed by atoms with Crippen molar-refractivity contribution in [2.24, 2.45) is 0 Å². The molecule has 4 heteroatoms. The molecule has 0 atom stereocenters. The predicted molar refractivity (Wildman–Crippen MR) is 57.3 cm³/mol. The molecule has 0 aliphatic carbocycles. The Balaban J connectivity index is 3.02. The van der Waals surface area contributed by atoms with Crippen molar-refractivity contribution in [1.82, 2.24) is 0 Å². The minimum atomic E-state index is -0.569. The Morgan fingerprint density at radius 1 is 1.57 bits per heavy atom. The summed E-state index contributed by atoms with van der Waals surface area (Å²) in [5, 5.41) is -0.0774. The van der Waals surface area contributed by atoms with Gasteiger partial charge in [0, 0.05) is 5.02 Å². The number of hydrogen-bond donors (Lipinski definition) is 0. The summed E-state index contributed by atoms with van der Waals surface area (Å²) in [6.45, 7) is 3.80. The van der Waals surface area contributed by atoms with Gasteiger partial charge in [-0.1, -0.05) is 24.3 Å². The monoisotopic (exact) mass is 230 g/mol. The molecule has 0 aliphatic heterocycles. The van der Waals surface area contributed by atoms with E-state index in [-0.39, 0.29) is 0 Å². The number of ether oxygens (including phenoxy) is 1. The van der Waals surface area contributed by atoms with Gasteiger partial charge in [-0.2, -0.15) is 0 Å². The van der Waals surface area contributed by atoms with Crippen LogP contribution in [0.4, 0.5) is 0 Å². The molecule has 0 N–H and O–H groups in total. The average Bonchev–Trinajstić information content (AvgIpc) is 2.14. The van der Waals surface area contributed by atoms with Crippen molar-refractivity contribution >= 4 is 28.4 Å². The Kier molecular flexibility index (Phi) is 3.98. The van der Waals surface area contributed by atoms with Gasteiger partial charge in [-0.15, -0.1) is 0 Å². The molecule has 1 aromatic carbocycles. The second-order valence-electron chi connectivity index (χ2n) is 2.51. The Bertz CT molecular complexity index is 361. The molecule has 1 rings (SSSR count). The van der Waals surface area contributed by atoms with E-state index in [2.05, 4.69) is 6.58 Å². The molecular weight excluding hydrogens is 223 g/mol. The Hall–Kier alpha value is -0.990. The highest BCUT2D eigenvalue weighted by Crippen LogP contribution is 2.24. The zero-order chi connectivity index (χ0) is 10.6. The molecule has 0 amide bonds. The number of benzene rings is 1. The second-order valence-corrected chi connectivity index (χ2v) is 3.29. The topological polar surface area (TPSA) is 26.3 Å². The molecule has 0 fully saturated rings. The molecule has 14 heavy (non-hydrogen) atoms. The van der Waals surface area contributed by atoms with E-state index in [9.17, 15) is 4.79 Å². The first-order valence-electron chi connectivity index (χ1n) is 3.88. The van der Waals surface area contributed by atoms with E-state index in [4.69, 9.17) is 27.9 Å². The van der Waals surface area contributed by atoms with E-state index in [1.807, 2.05) is 0 Å². The smallest absolute Gasteiger partial charge is 0.256 e. The molecule has 0 aromatic heterocycles. The van der Waals surface area contributed by atoms with Crippen LogP contribution in [0.25, 0.3) is 0 Å². The van der Waals surface area contributed by atoms with Crippen molar-refractivity contribution < 1.29 is 9.53 Å². The number of carbonyl (C=O) groups excluding carboxylic acids is 1. The van der Waals surface area contributed by atoms with E-state index in [0.29, 0.717) is 22.9 Å². The van der Waals surface area contributed by atoms with Gasteiger partial charge in [-0.3, -0.25) is 4.79 Å². The van der Waals surface area contributed by atoms with Crippen molar-refractivity contribution in [2.75, 3.05) is 6.61 Å². The molecule has 0 aliphatic rings. The first kappa shape index (κ1) is 11.1. The fourth-order valence-electron chi connectivity index (χ4n) is 0.927. The van der Waals surface area contributed by atoms with Gasteiger partial charge in [-0.25, -0.2) is 0 Å². The SMILES string of the molecule is C=CCOc1cc(Cl)ccc1C(=O)Cl. The lowest BCUT2D eigenvalue weighted by atomic mass is 10.2. The number of carbonyl (C=O) groups is 1. The molecule has 0 bridgehead atoms. The van der Waals surface area contributed by atoms with Crippen LogP contribution < -0.4 is 4.74 Å². The molecule has 0 heterocycles. The van der Waals surface area contributed by atoms with Crippen LogP contribution in [-0.4, -0.2) is 11.8 Å². The molecule has 0 saturated carbocycles. The van der Waals surface area contributed by atoms with Crippen molar-refractivity contribution in [2.45, 2.75) is 0 Å². The van der Waals surface area contributed by atoms with Gasteiger partial charge in [0.2, 0.25) is 0 Å². The van der Waals surface area contributed by atoms with Crippen LogP contribution in [0.15, 0.2) is 30.9 Å². The Morgan fingerprint density at radius 3 is 2.86 bits per heavy atom. The molecular formula is C10H8Cl2O2. The van der Waals surface area contributed by atoms with E-state index in [1.165, 1.54) is 6.07 Å². The summed E-state index contributed by atoms with van der Waals surface area (Å²) in [4.78, 5) is 11.0. The van der Waals surface area contributed by atoms with Crippen molar-refractivity contribution in [3.8, 4) is 5.75 Å². The normalized spacial score (nSPS) is 9.57. The van der Waals surface area contributed by atoms with Gasteiger partial charge in [0.25, 0.3) is 5.24 Å². The van der Waals surface area contributed by atoms with Crippen LogP contribution in [0.5, 0.6) is 5.75 Å². The molecule has 74 valence electrons. The van der Waals surface area contributed by atoms with Gasteiger partial charge in [0.05, 0.1) is 5.56 Å². The van der Waals surface area contributed by atoms with E-state index >= 15 is 0 Å². The summed E-state index contributed by atoms with van der Waals surface area (Å²) < 4.78 is 5.22. The summed E-state index contributed by atoms with van der Waals surface area (Å²) in [5.41, 5.74) is 0.304. The Labute approximate surface area is 92.1 Å². The lowest BCUT2D eigenvalue weighted by Gasteiger charge is -2.06. The van der Waals surface area contributed by atoms with Gasteiger partial charge in [0.1, 0.15) is 12.4 Å². The summed E-state index contributed by atoms with van der Waals surface area (Å²) in [5.74, 6) is 0.373. The molecule has 0 unspecified atom stereocenters. The van der Waals surface area contributed by atoms with Crippen molar-refractivity contribution in [3.63, 3.8) is 0 Å². The molecule has 1 aromatic rings. The highest BCUT2D eigenvalue weighted by molar-refractivity contribution is 6.68. The van der Waals surface area contributed by atoms with Crippen LogP contribution >= 0.6 is 23.2 Å². The highest BCUT2D eigenvalue weighted by Gasteiger charge is 2.10. The number of hydrogen-bond acceptors (Lipinski definition) is 2. The molecule has 0 spiro atoms. The third-order valence-corrected chi connectivity index (χ3v) is 1.95. The zero-order valence-corrected chi connectivity index (χ0v) is 8.81. The van der Waals surface area contributed by atoms with Crippen LogP contribution in [0, 0.1) is 0 Å². The number of halogens is 2. The highest BCUT2D eigenvalue weighted by atomic mass is 35.5. The Morgan fingerprint density at radius 2 is 2.29 bits per heavy atom. The first-order chi connectivity index (χ1) is 6.65. The zero-order valence-electron chi connectivity index (χ0n) is 7.30. The lowest BCUT2D eigenvalue weighted by molar-refractivity contribution is 0.107. The summed E-state index contributed by atoms with van der Waals surface area (Å²) in [7, 11) is 0. The molecule has 0 saturated heterocycles. The first-order valence-corrected chi connectivity index (χ1v) is 4.64. The quantitative estimate of drug-likeness (QED) is 0.587. The minimum absolute atomic E-state index is 0.303. The van der Waals surface area contributed by atoms with Gasteiger partial charge in [0.15, 0.2) is 0 Å². The third-order valence-electron chi connectivity index (χ3n) is 1.51. The maximum atomic E-state index is 11.0. The van der Waals surface area contributed by atoms with Crippen LogP contribution in [0.2, 0.25) is 5.02 Å². The lowest BCUT2D eigenvalue weighted by Crippen LogP contribution is -1.99. The summed E-state index contributed by atoms with van der Waals surface area (Å²) >= 11 is 11.1. The minimum Gasteiger partial charge on any atom is -0.489 e. The van der Waals surface area contributed by atoms with Crippen molar-refractivity contribution in [3.05, 3.63) is 41.4 Å². The summed E-state index contributed by atoms with van der Waals surface area (Å²) in [6.07, 6.45) is 1.57. The maximum absolute atomic E-state index is 11.0. The van der Waals surface area contributed by atoms with Gasteiger partial charge < -0.3 is 4.74 Å². The van der Waals surface area contributed by atoms with E-state index < -0.39 is 5.24 Å². The summed E-state index contributed by atoms with van der Waals surface area (Å²) in [6, 6.07) is 4.65. The van der Waals surface area contributed by atoms with Gasteiger partial charge >= 0.3 is 0 Å². The van der Waals surface area contributed by atoms with Gasteiger partial charge in [-0.05, 0) is 29.8 Å². The van der Waals surface area contributed by atoms with E-state index in [0.717, 1.165) is 0 Å². The van der Waals surface area contributed by atoms with Crippen LogP contribution in [0.3, 0.4) is 0 Å². The fourth-order valence-corrected chi connectivity index (χ4v) is 1.24. The van der Waals surface area contributed by atoms with E-state index in [1.54, 1.807) is 18.2 Å². The number of rotatable bonds is 4. The van der Waals surface area contributed by atoms with Crippen LogP contribution in [0.1, 0.15) is 10.4 Å². The fraction of sp³-hybridized carbons (Fsp3) is 0.100. The standard InChI is InChI=1S/C10H8Cl2O2/c1-2-5-14-9-6-7(11)3-4-8(9)10(12)13/h2-4,6H,1,5H2. The van der Waals surface area contributed by atoms with Crippen LogP contribution in [-0.2, 0) is 0 Å². The molecule has 2 nitrogen and oxygen atoms in total.